The number of rotatable bonds is 4. The maximum atomic E-state index is 11.6. The molecule has 0 atom stereocenters. The third-order valence-corrected chi connectivity index (χ3v) is 3.45. The van der Waals surface area contributed by atoms with Gasteiger partial charge >= 0.3 is 0 Å². The second kappa shape index (κ2) is 6.06. The van der Waals surface area contributed by atoms with Crippen molar-refractivity contribution in [3.63, 3.8) is 0 Å². The number of carbonyl (C=O) groups is 1. The van der Waals surface area contributed by atoms with Crippen molar-refractivity contribution in [3.05, 3.63) is 40.9 Å². The number of carbonyl (C=O) groups excluding carboxylic acids is 1. The lowest BCUT2D eigenvalue weighted by Crippen LogP contribution is -2.34. The van der Waals surface area contributed by atoms with Gasteiger partial charge in [0.2, 0.25) is 0 Å². The molecule has 0 aliphatic heterocycles. The van der Waals surface area contributed by atoms with Crippen molar-refractivity contribution in [3.8, 4) is 5.75 Å². The lowest BCUT2D eigenvalue weighted by molar-refractivity contribution is -0.123. The number of hydrogen-bond acceptors (Lipinski definition) is 2. The zero-order valence-corrected chi connectivity index (χ0v) is 12.5. The van der Waals surface area contributed by atoms with Crippen LogP contribution in [0.25, 0.3) is 10.8 Å². The lowest BCUT2D eigenvalue weighted by Gasteiger charge is -2.12. The molecule has 0 aliphatic rings. The highest BCUT2D eigenvalue weighted by Gasteiger charge is 2.08. The Morgan fingerprint density at radius 2 is 2.00 bits per heavy atom. The molecular weight excluding hydrogens is 306 g/mol. The van der Waals surface area contributed by atoms with Gasteiger partial charge in [-0.25, -0.2) is 0 Å². The van der Waals surface area contributed by atoms with Crippen LogP contribution in [0.2, 0.25) is 0 Å². The first kappa shape index (κ1) is 13.9. The van der Waals surface area contributed by atoms with Gasteiger partial charge in [-0.1, -0.05) is 30.3 Å². The number of benzene rings is 2. The first-order valence-electron chi connectivity index (χ1n) is 6.17. The monoisotopic (exact) mass is 321 g/mol. The van der Waals surface area contributed by atoms with E-state index in [0.717, 1.165) is 15.2 Å². The van der Waals surface area contributed by atoms with Gasteiger partial charge in [0, 0.05) is 6.04 Å². The number of fused-ring (bicyclic) bond motifs is 1. The predicted octanol–water partition coefficient (Wildman–Crippen LogP) is 3.51. The SMILES string of the molecule is CC(C)NC(=O)COc1ccc2ccccc2c1Br. The smallest absolute Gasteiger partial charge is 0.258 e. The van der Waals surface area contributed by atoms with Crippen molar-refractivity contribution in [2.24, 2.45) is 0 Å². The summed E-state index contributed by atoms with van der Waals surface area (Å²) in [5, 5.41) is 5.00. The van der Waals surface area contributed by atoms with Crippen LogP contribution >= 0.6 is 15.9 Å². The van der Waals surface area contributed by atoms with Crippen molar-refractivity contribution < 1.29 is 9.53 Å². The number of ether oxygens (including phenoxy) is 1. The molecule has 0 fully saturated rings. The second-order valence-electron chi connectivity index (χ2n) is 4.61. The molecular formula is C15H16BrNO2. The molecule has 4 heteroatoms. The van der Waals surface area contributed by atoms with Gasteiger partial charge in [-0.05, 0) is 46.6 Å². The minimum absolute atomic E-state index is 0.0229. The maximum absolute atomic E-state index is 11.6. The minimum Gasteiger partial charge on any atom is -0.483 e. The molecule has 100 valence electrons. The Morgan fingerprint density at radius 3 is 2.74 bits per heavy atom. The normalized spacial score (nSPS) is 10.7. The summed E-state index contributed by atoms with van der Waals surface area (Å²) in [6.45, 7) is 3.86. The first-order chi connectivity index (χ1) is 9.08. The Hall–Kier alpha value is -1.55. The fourth-order valence-corrected chi connectivity index (χ4v) is 2.44. The van der Waals surface area contributed by atoms with E-state index in [1.807, 2.05) is 50.2 Å². The second-order valence-corrected chi connectivity index (χ2v) is 5.40. The predicted molar refractivity (Wildman–Crippen MR) is 80.4 cm³/mol. The zero-order chi connectivity index (χ0) is 13.8. The fraction of sp³-hybridized carbons (Fsp3) is 0.267. The van der Waals surface area contributed by atoms with E-state index in [-0.39, 0.29) is 18.6 Å². The van der Waals surface area contributed by atoms with Crippen LogP contribution in [-0.4, -0.2) is 18.6 Å². The molecule has 0 aromatic heterocycles. The highest BCUT2D eigenvalue weighted by Crippen LogP contribution is 2.32. The van der Waals surface area contributed by atoms with E-state index in [1.54, 1.807) is 0 Å². The van der Waals surface area contributed by atoms with Crippen LogP contribution in [-0.2, 0) is 4.79 Å². The van der Waals surface area contributed by atoms with Crippen LogP contribution in [0, 0.1) is 0 Å². The van der Waals surface area contributed by atoms with Crippen LogP contribution in [0.5, 0.6) is 5.75 Å². The Kier molecular flexibility index (Phi) is 4.43. The van der Waals surface area contributed by atoms with E-state index >= 15 is 0 Å². The summed E-state index contributed by atoms with van der Waals surface area (Å²) in [5.41, 5.74) is 0. The quantitative estimate of drug-likeness (QED) is 0.935. The van der Waals surface area contributed by atoms with E-state index in [0.29, 0.717) is 5.75 Å². The van der Waals surface area contributed by atoms with Gasteiger partial charge in [-0.2, -0.15) is 0 Å². The molecule has 0 aliphatic carbocycles. The van der Waals surface area contributed by atoms with Gasteiger partial charge in [-0.3, -0.25) is 4.79 Å². The molecule has 0 unspecified atom stereocenters. The molecule has 0 spiro atoms. The summed E-state index contributed by atoms with van der Waals surface area (Å²) >= 11 is 3.53. The molecule has 1 N–H and O–H groups in total. The van der Waals surface area contributed by atoms with Crippen LogP contribution in [0.3, 0.4) is 0 Å². The van der Waals surface area contributed by atoms with E-state index in [9.17, 15) is 4.79 Å². The zero-order valence-electron chi connectivity index (χ0n) is 10.9. The van der Waals surface area contributed by atoms with E-state index in [1.165, 1.54) is 0 Å². The summed E-state index contributed by atoms with van der Waals surface area (Å²) in [6, 6.07) is 12.0. The van der Waals surface area contributed by atoms with Crippen molar-refractivity contribution >= 4 is 32.6 Å². The Bertz CT molecular complexity index is 596. The summed E-state index contributed by atoms with van der Waals surface area (Å²) in [5.74, 6) is 0.563. The molecule has 3 nitrogen and oxygen atoms in total. The van der Waals surface area contributed by atoms with E-state index < -0.39 is 0 Å². The molecule has 0 saturated heterocycles. The molecule has 2 rings (SSSR count). The average Bonchev–Trinajstić information content (AvgIpc) is 2.37. The van der Waals surface area contributed by atoms with Gasteiger partial charge in [0.05, 0.1) is 4.47 Å². The summed E-state index contributed by atoms with van der Waals surface area (Å²) < 4.78 is 6.43. The van der Waals surface area contributed by atoms with Crippen molar-refractivity contribution in [1.82, 2.24) is 5.32 Å². The Labute approximate surface area is 121 Å². The largest absolute Gasteiger partial charge is 0.483 e. The van der Waals surface area contributed by atoms with Crippen molar-refractivity contribution in [2.75, 3.05) is 6.61 Å². The van der Waals surface area contributed by atoms with Crippen LogP contribution in [0.1, 0.15) is 13.8 Å². The molecule has 19 heavy (non-hydrogen) atoms. The third-order valence-electron chi connectivity index (χ3n) is 2.64. The molecule has 2 aromatic rings. The number of nitrogens with one attached hydrogen (secondary N) is 1. The van der Waals surface area contributed by atoms with E-state index in [2.05, 4.69) is 21.2 Å². The van der Waals surface area contributed by atoms with Gasteiger partial charge in [0.15, 0.2) is 6.61 Å². The minimum atomic E-state index is -0.116. The molecule has 0 heterocycles. The van der Waals surface area contributed by atoms with Crippen molar-refractivity contribution in [2.45, 2.75) is 19.9 Å². The Balaban J connectivity index is 2.13. The molecule has 0 bridgehead atoms. The first-order valence-corrected chi connectivity index (χ1v) is 6.96. The third kappa shape index (κ3) is 3.47. The number of amides is 1. The van der Waals surface area contributed by atoms with Gasteiger partial charge in [0.25, 0.3) is 5.91 Å². The van der Waals surface area contributed by atoms with Gasteiger partial charge < -0.3 is 10.1 Å². The van der Waals surface area contributed by atoms with E-state index in [4.69, 9.17) is 4.74 Å². The summed E-state index contributed by atoms with van der Waals surface area (Å²) in [4.78, 5) is 11.6. The standard InChI is InChI=1S/C15H16BrNO2/c1-10(2)17-14(18)9-19-13-8-7-11-5-3-4-6-12(11)15(13)16/h3-8,10H,9H2,1-2H3,(H,17,18). The molecule has 0 radical (unpaired) electrons. The molecule has 2 aromatic carbocycles. The van der Waals surface area contributed by atoms with Crippen LogP contribution in [0.15, 0.2) is 40.9 Å². The van der Waals surface area contributed by atoms with Gasteiger partial charge in [0.1, 0.15) is 5.75 Å². The highest BCUT2D eigenvalue weighted by molar-refractivity contribution is 9.10. The molecule has 1 amide bonds. The molecule has 0 saturated carbocycles. The van der Waals surface area contributed by atoms with Gasteiger partial charge in [-0.15, -0.1) is 0 Å². The Morgan fingerprint density at radius 1 is 1.26 bits per heavy atom. The number of hydrogen-bond donors (Lipinski definition) is 1. The van der Waals surface area contributed by atoms with Crippen LogP contribution < -0.4 is 10.1 Å². The van der Waals surface area contributed by atoms with Crippen LogP contribution in [0.4, 0.5) is 0 Å². The summed E-state index contributed by atoms with van der Waals surface area (Å²) in [6.07, 6.45) is 0. The van der Waals surface area contributed by atoms with Crippen molar-refractivity contribution in [1.29, 1.82) is 0 Å². The topological polar surface area (TPSA) is 38.3 Å². The average molecular weight is 322 g/mol. The summed E-state index contributed by atoms with van der Waals surface area (Å²) in [7, 11) is 0. The highest BCUT2D eigenvalue weighted by atomic mass is 79.9. The fourth-order valence-electron chi connectivity index (χ4n) is 1.83. The maximum Gasteiger partial charge on any atom is 0.258 e. The number of halogens is 1. The lowest BCUT2D eigenvalue weighted by atomic mass is 10.1.